The van der Waals surface area contributed by atoms with E-state index in [1.54, 1.807) is 6.07 Å². The van der Waals surface area contributed by atoms with Crippen LogP contribution in [-0.4, -0.2) is 21.7 Å². The zero-order valence-electron chi connectivity index (χ0n) is 12.5. The Balaban J connectivity index is 1.96. The summed E-state index contributed by atoms with van der Waals surface area (Å²) in [7, 11) is 0. The van der Waals surface area contributed by atoms with E-state index < -0.39 is 0 Å². The molecule has 4 nitrogen and oxygen atoms in total. The maximum absolute atomic E-state index is 6.25. The fourth-order valence-corrected chi connectivity index (χ4v) is 2.37. The summed E-state index contributed by atoms with van der Waals surface area (Å²) in [6, 6.07) is 7.24. The first kappa shape index (κ1) is 15.9. The van der Waals surface area contributed by atoms with Crippen LogP contribution in [0.5, 0.6) is 5.75 Å². The summed E-state index contributed by atoms with van der Waals surface area (Å²) in [5.74, 6) is 1.74. The second-order valence-electron chi connectivity index (χ2n) is 5.19. The first-order chi connectivity index (χ1) is 10.1. The van der Waals surface area contributed by atoms with Gasteiger partial charge in [0.15, 0.2) is 0 Å². The molecule has 0 aliphatic rings. The Morgan fingerprint density at radius 1 is 1.43 bits per heavy atom. The van der Waals surface area contributed by atoms with Gasteiger partial charge >= 0.3 is 0 Å². The third-order valence-corrected chi connectivity index (χ3v) is 3.64. The number of ether oxygens (including phenoxy) is 1. The van der Waals surface area contributed by atoms with Gasteiger partial charge in [-0.3, -0.25) is 0 Å². The van der Waals surface area contributed by atoms with Crippen LogP contribution in [0.25, 0.3) is 0 Å². The average molecular weight is 308 g/mol. The number of nitrogens with zero attached hydrogens (tertiary/aromatic N) is 2. The first-order valence-electron chi connectivity index (χ1n) is 7.28. The third-order valence-electron chi connectivity index (χ3n) is 3.41. The van der Waals surface area contributed by atoms with Crippen LogP contribution in [0, 0.1) is 0 Å². The summed E-state index contributed by atoms with van der Waals surface area (Å²) in [6.45, 7) is 5.08. The van der Waals surface area contributed by atoms with Crippen LogP contribution in [0.3, 0.4) is 0 Å². The largest absolute Gasteiger partial charge is 0.489 e. The Labute approximate surface area is 130 Å². The highest BCUT2D eigenvalue weighted by Gasteiger charge is 2.17. The number of aromatic nitrogens is 2. The predicted molar refractivity (Wildman–Crippen MR) is 85.7 cm³/mol. The molecule has 21 heavy (non-hydrogen) atoms. The van der Waals surface area contributed by atoms with Gasteiger partial charge in [-0.1, -0.05) is 24.6 Å². The lowest BCUT2D eigenvalue weighted by atomic mass is 10.1. The molecule has 0 aliphatic carbocycles. The van der Waals surface area contributed by atoms with Crippen LogP contribution >= 0.6 is 11.6 Å². The van der Waals surface area contributed by atoms with Gasteiger partial charge in [0.05, 0.1) is 0 Å². The second kappa shape index (κ2) is 7.48. The molecular weight excluding hydrogens is 286 g/mol. The van der Waals surface area contributed by atoms with Gasteiger partial charge in [0, 0.05) is 36.4 Å². The van der Waals surface area contributed by atoms with Crippen molar-refractivity contribution in [2.24, 2.45) is 5.73 Å². The van der Waals surface area contributed by atoms with Crippen molar-refractivity contribution in [2.75, 3.05) is 0 Å². The quantitative estimate of drug-likeness (QED) is 0.854. The maximum Gasteiger partial charge on any atom is 0.121 e. The molecule has 2 atom stereocenters. The topological polar surface area (TPSA) is 53.1 Å². The van der Waals surface area contributed by atoms with Crippen molar-refractivity contribution in [1.29, 1.82) is 0 Å². The van der Waals surface area contributed by atoms with Crippen molar-refractivity contribution in [1.82, 2.24) is 9.55 Å². The SMILES string of the molecule is CCCn1ccnc1CC(N)C(C)Oc1cccc(Cl)c1. The Kier molecular flexibility index (Phi) is 5.65. The molecule has 1 heterocycles. The smallest absolute Gasteiger partial charge is 0.121 e. The van der Waals surface area contributed by atoms with E-state index in [0.717, 1.165) is 24.5 Å². The van der Waals surface area contributed by atoms with Crippen LogP contribution in [0.15, 0.2) is 36.7 Å². The predicted octanol–water partition coefficient (Wildman–Crippen LogP) is 3.28. The van der Waals surface area contributed by atoms with Crippen molar-refractivity contribution >= 4 is 11.6 Å². The normalized spacial score (nSPS) is 13.9. The number of hydrogen-bond acceptors (Lipinski definition) is 3. The van der Waals surface area contributed by atoms with E-state index in [2.05, 4.69) is 16.5 Å². The maximum atomic E-state index is 6.25. The highest BCUT2D eigenvalue weighted by Crippen LogP contribution is 2.19. The highest BCUT2D eigenvalue weighted by atomic mass is 35.5. The fraction of sp³-hybridized carbons (Fsp3) is 0.438. The number of nitrogens with two attached hydrogens (primary N) is 1. The molecule has 0 fully saturated rings. The lowest BCUT2D eigenvalue weighted by Gasteiger charge is -2.21. The Morgan fingerprint density at radius 2 is 2.24 bits per heavy atom. The molecule has 2 N–H and O–H groups in total. The number of imidazole rings is 1. The summed E-state index contributed by atoms with van der Waals surface area (Å²) in [4.78, 5) is 4.38. The van der Waals surface area contributed by atoms with Gasteiger partial charge in [0.25, 0.3) is 0 Å². The molecule has 0 amide bonds. The summed E-state index contributed by atoms with van der Waals surface area (Å²) in [5, 5.41) is 0.659. The molecule has 0 saturated carbocycles. The van der Waals surface area contributed by atoms with E-state index >= 15 is 0 Å². The van der Waals surface area contributed by atoms with Gasteiger partial charge < -0.3 is 15.0 Å². The number of rotatable bonds is 7. The van der Waals surface area contributed by atoms with E-state index in [1.807, 2.05) is 37.5 Å². The molecule has 2 unspecified atom stereocenters. The van der Waals surface area contributed by atoms with E-state index in [9.17, 15) is 0 Å². The van der Waals surface area contributed by atoms with Crippen LogP contribution in [-0.2, 0) is 13.0 Å². The van der Waals surface area contributed by atoms with Gasteiger partial charge in [-0.2, -0.15) is 0 Å². The zero-order valence-corrected chi connectivity index (χ0v) is 13.3. The number of aryl methyl sites for hydroxylation is 1. The standard InChI is InChI=1S/C16H22ClN3O/c1-3-8-20-9-7-19-16(20)11-15(18)12(2)21-14-6-4-5-13(17)10-14/h4-7,9-10,12,15H,3,8,11,18H2,1-2H3. The van der Waals surface area contributed by atoms with Gasteiger partial charge in [-0.25, -0.2) is 4.98 Å². The molecule has 0 spiro atoms. The van der Waals surface area contributed by atoms with E-state index in [0.29, 0.717) is 11.4 Å². The van der Waals surface area contributed by atoms with Gasteiger partial charge in [-0.05, 0) is 31.5 Å². The first-order valence-corrected chi connectivity index (χ1v) is 7.65. The summed E-state index contributed by atoms with van der Waals surface area (Å²) in [5.41, 5.74) is 6.25. The minimum Gasteiger partial charge on any atom is -0.489 e. The summed E-state index contributed by atoms with van der Waals surface area (Å²) in [6.07, 6.45) is 5.46. The molecule has 5 heteroatoms. The molecule has 2 aromatic rings. The Bertz CT molecular complexity index is 570. The Morgan fingerprint density at radius 3 is 2.95 bits per heavy atom. The lowest BCUT2D eigenvalue weighted by Crippen LogP contribution is -2.39. The minimum atomic E-state index is -0.123. The van der Waals surface area contributed by atoms with Crippen LogP contribution in [0.4, 0.5) is 0 Å². The van der Waals surface area contributed by atoms with Crippen molar-refractivity contribution in [2.45, 2.75) is 45.4 Å². The fourth-order valence-electron chi connectivity index (χ4n) is 2.19. The summed E-state index contributed by atoms with van der Waals surface area (Å²) < 4.78 is 8.00. The van der Waals surface area contributed by atoms with E-state index in [1.165, 1.54) is 0 Å². The van der Waals surface area contributed by atoms with Crippen molar-refractivity contribution in [3.63, 3.8) is 0 Å². The Hall–Kier alpha value is -1.52. The zero-order chi connectivity index (χ0) is 15.2. The van der Waals surface area contributed by atoms with E-state index in [-0.39, 0.29) is 12.1 Å². The lowest BCUT2D eigenvalue weighted by molar-refractivity contribution is 0.187. The molecule has 1 aromatic carbocycles. The van der Waals surface area contributed by atoms with Crippen molar-refractivity contribution < 1.29 is 4.74 Å². The molecule has 0 bridgehead atoms. The van der Waals surface area contributed by atoms with E-state index in [4.69, 9.17) is 22.1 Å². The molecular formula is C16H22ClN3O. The molecule has 0 aliphatic heterocycles. The molecule has 114 valence electrons. The molecule has 0 saturated heterocycles. The molecule has 2 rings (SSSR count). The van der Waals surface area contributed by atoms with Crippen molar-refractivity contribution in [3.05, 3.63) is 47.5 Å². The highest BCUT2D eigenvalue weighted by molar-refractivity contribution is 6.30. The van der Waals surface area contributed by atoms with Gasteiger partial charge in [0.1, 0.15) is 17.7 Å². The minimum absolute atomic E-state index is 0.116. The molecule has 1 aromatic heterocycles. The number of benzene rings is 1. The van der Waals surface area contributed by atoms with Crippen molar-refractivity contribution in [3.8, 4) is 5.75 Å². The summed E-state index contributed by atoms with van der Waals surface area (Å²) >= 11 is 5.95. The molecule has 0 radical (unpaired) electrons. The van der Waals surface area contributed by atoms with Crippen LogP contribution in [0.1, 0.15) is 26.1 Å². The van der Waals surface area contributed by atoms with Gasteiger partial charge in [0.2, 0.25) is 0 Å². The average Bonchev–Trinajstić information content (AvgIpc) is 2.86. The van der Waals surface area contributed by atoms with Gasteiger partial charge in [-0.15, -0.1) is 0 Å². The number of hydrogen-bond donors (Lipinski definition) is 1. The monoisotopic (exact) mass is 307 g/mol. The van der Waals surface area contributed by atoms with Crippen LogP contribution in [0.2, 0.25) is 5.02 Å². The third kappa shape index (κ3) is 4.48. The van der Waals surface area contributed by atoms with Crippen LogP contribution < -0.4 is 10.5 Å². The second-order valence-corrected chi connectivity index (χ2v) is 5.62. The number of halogens is 1.